The Labute approximate surface area is 115 Å². The van der Waals surface area contributed by atoms with Crippen LogP contribution in [0.4, 0.5) is 4.39 Å². The van der Waals surface area contributed by atoms with Gasteiger partial charge in [0.15, 0.2) is 0 Å². The smallest absolute Gasteiger partial charge is 0.146 e. The van der Waals surface area contributed by atoms with Crippen molar-refractivity contribution in [1.82, 2.24) is 10.3 Å². The van der Waals surface area contributed by atoms with Gasteiger partial charge in [0.05, 0.1) is 6.20 Å². The molecule has 3 heteroatoms. The molecule has 1 aliphatic rings. The van der Waals surface area contributed by atoms with Crippen molar-refractivity contribution in [3.63, 3.8) is 0 Å². The maximum atomic E-state index is 13.9. The van der Waals surface area contributed by atoms with Crippen molar-refractivity contribution in [2.45, 2.75) is 45.6 Å². The molecule has 106 valence electrons. The third-order valence-electron chi connectivity index (χ3n) is 4.68. The molecule has 0 aliphatic heterocycles. The molecule has 1 heterocycles. The number of rotatable bonds is 4. The van der Waals surface area contributed by atoms with Crippen LogP contribution >= 0.6 is 0 Å². The van der Waals surface area contributed by atoms with Gasteiger partial charge < -0.3 is 5.32 Å². The van der Waals surface area contributed by atoms with Crippen molar-refractivity contribution in [2.24, 2.45) is 17.8 Å². The number of pyridine rings is 1. The summed E-state index contributed by atoms with van der Waals surface area (Å²) in [6.45, 7) is 4.62. The van der Waals surface area contributed by atoms with Gasteiger partial charge in [-0.1, -0.05) is 13.8 Å². The van der Waals surface area contributed by atoms with Crippen LogP contribution in [0.1, 0.15) is 51.1 Å². The molecule has 0 bridgehead atoms. The molecule has 19 heavy (non-hydrogen) atoms. The van der Waals surface area contributed by atoms with Gasteiger partial charge in [-0.3, -0.25) is 4.98 Å². The quantitative estimate of drug-likeness (QED) is 0.891. The van der Waals surface area contributed by atoms with Gasteiger partial charge in [-0.15, -0.1) is 0 Å². The summed E-state index contributed by atoms with van der Waals surface area (Å²) in [6, 6.07) is 1.93. The lowest BCUT2D eigenvalue weighted by molar-refractivity contribution is 0.191. The molecule has 1 aromatic heterocycles. The second-order valence-electron chi connectivity index (χ2n) is 6.08. The molecule has 0 aromatic carbocycles. The van der Waals surface area contributed by atoms with Crippen LogP contribution in [0.25, 0.3) is 0 Å². The maximum absolute atomic E-state index is 13.9. The second kappa shape index (κ2) is 6.47. The lowest BCUT2D eigenvalue weighted by atomic mass is 9.73. The fraction of sp³-hybridized carbons (Fsp3) is 0.688. The first-order chi connectivity index (χ1) is 9.13. The molecular weight excluding hydrogens is 239 g/mol. The van der Waals surface area contributed by atoms with Crippen LogP contribution < -0.4 is 5.32 Å². The average molecular weight is 264 g/mol. The molecule has 1 aromatic rings. The Kier molecular flexibility index (Phi) is 4.92. The molecule has 1 unspecified atom stereocenters. The molecule has 2 rings (SSSR count). The van der Waals surface area contributed by atoms with E-state index in [0.29, 0.717) is 5.92 Å². The summed E-state index contributed by atoms with van der Waals surface area (Å²) in [7, 11) is 1.93. The maximum Gasteiger partial charge on any atom is 0.146 e. The molecule has 1 fully saturated rings. The summed E-state index contributed by atoms with van der Waals surface area (Å²) < 4.78 is 13.9. The average Bonchev–Trinajstić information content (AvgIpc) is 2.42. The number of nitrogens with one attached hydrogen (secondary N) is 1. The van der Waals surface area contributed by atoms with Crippen LogP contribution in [0.5, 0.6) is 0 Å². The molecule has 1 atom stereocenters. The van der Waals surface area contributed by atoms with Crippen LogP contribution in [0.15, 0.2) is 18.5 Å². The van der Waals surface area contributed by atoms with Gasteiger partial charge in [0.2, 0.25) is 0 Å². The fourth-order valence-corrected chi connectivity index (χ4v) is 3.43. The highest BCUT2D eigenvalue weighted by atomic mass is 19.1. The summed E-state index contributed by atoms with van der Waals surface area (Å²) >= 11 is 0. The lowest BCUT2D eigenvalue weighted by Gasteiger charge is -2.35. The SMILES string of the molecule is CNC(c1ccncc1F)C1CCC(C(C)C)CC1. The first kappa shape index (κ1) is 14.4. The summed E-state index contributed by atoms with van der Waals surface area (Å²) in [6.07, 6.45) is 7.93. The van der Waals surface area contributed by atoms with E-state index in [1.54, 1.807) is 6.20 Å². The van der Waals surface area contributed by atoms with Crippen molar-refractivity contribution in [1.29, 1.82) is 0 Å². The minimum atomic E-state index is -0.187. The van der Waals surface area contributed by atoms with E-state index in [9.17, 15) is 4.39 Å². The number of nitrogens with zero attached hydrogens (tertiary/aromatic N) is 1. The van der Waals surface area contributed by atoms with Crippen LogP contribution in [0.2, 0.25) is 0 Å². The summed E-state index contributed by atoms with van der Waals surface area (Å²) in [5.74, 6) is 1.97. The molecule has 0 amide bonds. The van der Waals surface area contributed by atoms with Gasteiger partial charge in [-0.2, -0.15) is 0 Å². The van der Waals surface area contributed by atoms with Gasteiger partial charge in [-0.25, -0.2) is 4.39 Å². The Balaban J connectivity index is 2.06. The van der Waals surface area contributed by atoms with Crippen LogP contribution in [-0.4, -0.2) is 12.0 Å². The van der Waals surface area contributed by atoms with Gasteiger partial charge in [0, 0.05) is 17.8 Å². The minimum absolute atomic E-state index is 0.121. The van der Waals surface area contributed by atoms with Crippen LogP contribution in [-0.2, 0) is 0 Å². The predicted molar refractivity (Wildman–Crippen MR) is 76.3 cm³/mol. The molecule has 2 nitrogen and oxygen atoms in total. The predicted octanol–water partition coefficient (Wildman–Crippen LogP) is 3.94. The van der Waals surface area contributed by atoms with E-state index in [1.165, 1.54) is 31.9 Å². The van der Waals surface area contributed by atoms with Gasteiger partial charge >= 0.3 is 0 Å². The number of hydrogen-bond acceptors (Lipinski definition) is 2. The Morgan fingerprint density at radius 3 is 2.37 bits per heavy atom. The van der Waals surface area contributed by atoms with Crippen molar-refractivity contribution in [2.75, 3.05) is 7.05 Å². The van der Waals surface area contributed by atoms with Crippen molar-refractivity contribution in [3.05, 3.63) is 29.8 Å². The van der Waals surface area contributed by atoms with E-state index in [4.69, 9.17) is 0 Å². The van der Waals surface area contributed by atoms with E-state index in [0.717, 1.165) is 17.4 Å². The minimum Gasteiger partial charge on any atom is -0.313 e. The van der Waals surface area contributed by atoms with E-state index in [2.05, 4.69) is 24.1 Å². The van der Waals surface area contributed by atoms with Crippen LogP contribution in [0, 0.1) is 23.6 Å². The molecule has 1 N–H and O–H groups in total. The normalized spacial score (nSPS) is 25.5. The van der Waals surface area contributed by atoms with Crippen molar-refractivity contribution >= 4 is 0 Å². The third-order valence-corrected chi connectivity index (χ3v) is 4.68. The highest BCUT2D eigenvalue weighted by Gasteiger charge is 2.30. The Hall–Kier alpha value is -0.960. The molecule has 0 radical (unpaired) electrons. The second-order valence-corrected chi connectivity index (χ2v) is 6.08. The molecule has 0 spiro atoms. The number of aromatic nitrogens is 1. The third kappa shape index (κ3) is 3.33. The Morgan fingerprint density at radius 2 is 1.84 bits per heavy atom. The van der Waals surface area contributed by atoms with E-state index >= 15 is 0 Å². The Morgan fingerprint density at radius 1 is 1.21 bits per heavy atom. The summed E-state index contributed by atoms with van der Waals surface area (Å²) in [5, 5.41) is 3.31. The first-order valence-corrected chi connectivity index (χ1v) is 7.40. The van der Waals surface area contributed by atoms with Gasteiger partial charge in [0.1, 0.15) is 5.82 Å². The van der Waals surface area contributed by atoms with Crippen molar-refractivity contribution < 1.29 is 4.39 Å². The molecule has 0 saturated heterocycles. The van der Waals surface area contributed by atoms with E-state index in [1.807, 2.05) is 13.1 Å². The number of halogens is 1. The van der Waals surface area contributed by atoms with Gasteiger partial charge in [0.25, 0.3) is 0 Å². The van der Waals surface area contributed by atoms with Crippen molar-refractivity contribution in [3.8, 4) is 0 Å². The van der Waals surface area contributed by atoms with E-state index in [-0.39, 0.29) is 11.9 Å². The fourth-order valence-electron chi connectivity index (χ4n) is 3.43. The molecule has 1 saturated carbocycles. The lowest BCUT2D eigenvalue weighted by Crippen LogP contribution is -2.30. The number of hydrogen-bond donors (Lipinski definition) is 1. The zero-order valence-electron chi connectivity index (χ0n) is 12.2. The van der Waals surface area contributed by atoms with Crippen LogP contribution in [0.3, 0.4) is 0 Å². The standard InChI is InChI=1S/C16H25FN2/c1-11(2)12-4-6-13(7-5-12)16(18-3)14-8-9-19-10-15(14)17/h8-13,16,18H,4-7H2,1-3H3. The molecule has 1 aliphatic carbocycles. The topological polar surface area (TPSA) is 24.9 Å². The zero-order chi connectivity index (χ0) is 13.8. The highest BCUT2D eigenvalue weighted by Crippen LogP contribution is 2.39. The van der Waals surface area contributed by atoms with Gasteiger partial charge in [-0.05, 0) is 56.6 Å². The highest BCUT2D eigenvalue weighted by molar-refractivity contribution is 5.18. The summed E-state index contributed by atoms with van der Waals surface area (Å²) in [4.78, 5) is 3.84. The monoisotopic (exact) mass is 264 g/mol. The Bertz CT molecular complexity index is 397. The first-order valence-electron chi connectivity index (χ1n) is 7.40. The molecular formula is C16H25FN2. The zero-order valence-corrected chi connectivity index (χ0v) is 12.2. The summed E-state index contributed by atoms with van der Waals surface area (Å²) in [5.41, 5.74) is 0.769. The largest absolute Gasteiger partial charge is 0.313 e. The van der Waals surface area contributed by atoms with E-state index < -0.39 is 0 Å².